The van der Waals surface area contributed by atoms with Crippen LogP contribution in [0.4, 0.5) is 0 Å². The molecule has 0 spiro atoms. The van der Waals surface area contributed by atoms with E-state index in [0.717, 1.165) is 12.8 Å². The van der Waals surface area contributed by atoms with Crippen LogP contribution in [-0.4, -0.2) is 18.0 Å². The molecule has 0 saturated heterocycles. The minimum Gasteiger partial charge on any atom is -0.353 e. The molecular formula is C12H24N2O. The molecule has 0 aromatic carbocycles. The maximum Gasteiger partial charge on any atom is 0.221 e. The lowest BCUT2D eigenvalue weighted by atomic mass is 9.75. The molecule has 1 amide bonds. The summed E-state index contributed by atoms with van der Waals surface area (Å²) in [4.78, 5) is 11.5. The summed E-state index contributed by atoms with van der Waals surface area (Å²) in [6.07, 6.45) is 5.14. The van der Waals surface area contributed by atoms with Gasteiger partial charge >= 0.3 is 0 Å². The molecule has 2 atom stereocenters. The summed E-state index contributed by atoms with van der Waals surface area (Å²) in [7, 11) is 0. The molecule has 1 saturated carbocycles. The monoisotopic (exact) mass is 212 g/mol. The molecule has 0 bridgehead atoms. The Morgan fingerprint density at radius 2 is 2.27 bits per heavy atom. The van der Waals surface area contributed by atoms with E-state index in [1.807, 2.05) is 6.92 Å². The van der Waals surface area contributed by atoms with Crippen molar-refractivity contribution in [1.29, 1.82) is 0 Å². The van der Waals surface area contributed by atoms with Gasteiger partial charge in [-0.2, -0.15) is 0 Å². The summed E-state index contributed by atoms with van der Waals surface area (Å²) in [5.74, 6) is 0.104. The summed E-state index contributed by atoms with van der Waals surface area (Å²) in [6.45, 7) is 6.41. The molecule has 1 aliphatic carbocycles. The van der Waals surface area contributed by atoms with Gasteiger partial charge < -0.3 is 11.1 Å². The number of hydrogen-bond acceptors (Lipinski definition) is 2. The number of nitrogens with one attached hydrogen (secondary N) is 1. The van der Waals surface area contributed by atoms with E-state index < -0.39 is 0 Å². The van der Waals surface area contributed by atoms with Crippen molar-refractivity contribution in [2.24, 2.45) is 11.1 Å². The van der Waals surface area contributed by atoms with Crippen molar-refractivity contribution in [1.82, 2.24) is 5.32 Å². The molecular weight excluding hydrogens is 188 g/mol. The van der Waals surface area contributed by atoms with Crippen LogP contribution < -0.4 is 11.1 Å². The molecule has 1 rings (SSSR count). The summed E-state index contributed by atoms with van der Waals surface area (Å²) < 4.78 is 0. The van der Waals surface area contributed by atoms with Gasteiger partial charge in [0.25, 0.3) is 0 Å². The van der Waals surface area contributed by atoms with Crippen LogP contribution in [0.15, 0.2) is 0 Å². The van der Waals surface area contributed by atoms with Gasteiger partial charge in [-0.25, -0.2) is 0 Å². The third kappa shape index (κ3) is 4.65. The molecule has 0 heterocycles. The van der Waals surface area contributed by atoms with Crippen molar-refractivity contribution in [3.05, 3.63) is 0 Å². The first-order chi connectivity index (χ1) is 6.89. The fourth-order valence-corrected chi connectivity index (χ4v) is 2.40. The number of carbonyl (C=O) groups is 1. The third-order valence-corrected chi connectivity index (χ3v) is 3.08. The highest BCUT2D eigenvalue weighted by Crippen LogP contribution is 2.35. The average Bonchev–Trinajstić information content (AvgIpc) is 1.99. The molecule has 3 heteroatoms. The lowest BCUT2D eigenvalue weighted by Gasteiger charge is -2.35. The number of carbonyl (C=O) groups excluding carboxylic acids is 1. The second kappa shape index (κ2) is 4.97. The van der Waals surface area contributed by atoms with E-state index in [1.165, 1.54) is 12.8 Å². The van der Waals surface area contributed by atoms with E-state index >= 15 is 0 Å². The molecule has 0 aromatic rings. The number of rotatable bonds is 3. The minimum absolute atomic E-state index is 0.0402. The summed E-state index contributed by atoms with van der Waals surface area (Å²) >= 11 is 0. The second-order valence-electron chi connectivity index (χ2n) is 5.71. The fourth-order valence-electron chi connectivity index (χ4n) is 2.40. The van der Waals surface area contributed by atoms with Crippen LogP contribution >= 0.6 is 0 Å². The highest BCUT2D eigenvalue weighted by atomic mass is 16.1. The Kier molecular flexibility index (Phi) is 4.14. The van der Waals surface area contributed by atoms with Crippen molar-refractivity contribution in [2.75, 3.05) is 0 Å². The fraction of sp³-hybridized carbons (Fsp3) is 0.917. The second-order valence-corrected chi connectivity index (χ2v) is 5.71. The molecule has 0 aliphatic heterocycles. The highest BCUT2D eigenvalue weighted by Gasteiger charge is 2.28. The van der Waals surface area contributed by atoms with Crippen LogP contribution in [0.1, 0.15) is 52.9 Å². The van der Waals surface area contributed by atoms with E-state index in [4.69, 9.17) is 5.73 Å². The Hall–Kier alpha value is -0.570. The molecule has 1 aliphatic rings. The quantitative estimate of drug-likeness (QED) is 0.749. The SMILES string of the molecule is CC(N)CC(=O)NC1CCCC(C)(C)C1. The van der Waals surface area contributed by atoms with Gasteiger partial charge in [0.2, 0.25) is 5.91 Å². The molecule has 0 aromatic heterocycles. The van der Waals surface area contributed by atoms with Gasteiger partial charge in [-0.15, -0.1) is 0 Å². The van der Waals surface area contributed by atoms with Crippen LogP contribution in [0.3, 0.4) is 0 Å². The molecule has 88 valence electrons. The summed E-state index contributed by atoms with van der Waals surface area (Å²) in [5, 5.41) is 3.09. The van der Waals surface area contributed by atoms with Crippen LogP contribution in [-0.2, 0) is 4.79 Å². The predicted molar refractivity (Wildman–Crippen MR) is 62.4 cm³/mol. The van der Waals surface area contributed by atoms with E-state index in [-0.39, 0.29) is 11.9 Å². The van der Waals surface area contributed by atoms with E-state index in [0.29, 0.717) is 17.9 Å². The number of amides is 1. The van der Waals surface area contributed by atoms with Crippen molar-refractivity contribution >= 4 is 5.91 Å². The minimum atomic E-state index is -0.0402. The molecule has 1 fully saturated rings. The largest absolute Gasteiger partial charge is 0.353 e. The summed E-state index contributed by atoms with van der Waals surface area (Å²) in [5.41, 5.74) is 5.97. The van der Waals surface area contributed by atoms with Crippen LogP contribution in [0, 0.1) is 5.41 Å². The van der Waals surface area contributed by atoms with E-state index in [1.54, 1.807) is 0 Å². The lowest BCUT2D eigenvalue weighted by molar-refractivity contribution is -0.122. The Labute approximate surface area is 92.8 Å². The highest BCUT2D eigenvalue weighted by molar-refractivity contribution is 5.76. The van der Waals surface area contributed by atoms with Crippen molar-refractivity contribution < 1.29 is 4.79 Å². The van der Waals surface area contributed by atoms with Gasteiger partial charge in [0.1, 0.15) is 0 Å². The molecule has 2 unspecified atom stereocenters. The molecule has 15 heavy (non-hydrogen) atoms. The first kappa shape index (κ1) is 12.5. The zero-order chi connectivity index (χ0) is 11.5. The molecule has 0 radical (unpaired) electrons. The van der Waals surface area contributed by atoms with E-state index in [2.05, 4.69) is 19.2 Å². The normalized spacial score (nSPS) is 27.1. The smallest absolute Gasteiger partial charge is 0.221 e. The van der Waals surface area contributed by atoms with Gasteiger partial charge in [0.15, 0.2) is 0 Å². The van der Waals surface area contributed by atoms with Crippen LogP contribution in [0.5, 0.6) is 0 Å². The zero-order valence-electron chi connectivity index (χ0n) is 10.2. The zero-order valence-corrected chi connectivity index (χ0v) is 10.2. The summed E-state index contributed by atoms with van der Waals surface area (Å²) in [6, 6.07) is 0.321. The number of hydrogen-bond donors (Lipinski definition) is 2. The topological polar surface area (TPSA) is 55.1 Å². The third-order valence-electron chi connectivity index (χ3n) is 3.08. The van der Waals surface area contributed by atoms with Gasteiger partial charge in [0, 0.05) is 18.5 Å². The first-order valence-corrected chi connectivity index (χ1v) is 5.94. The maximum atomic E-state index is 11.5. The van der Waals surface area contributed by atoms with Gasteiger partial charge in [-0.1, -0.05) is 20.3 Å². The Bertz CT molecular complexity index is 224. The molecule has 3 nitrogen and oxygen atoms in total. The Balaban J connectivity index is 2.35. The Morgan fingerprint density at radius 3 is 2.80 bits per heavy atom. The van der Waals surface area contributed by atoms with Gasteiger partial charge in [-0.05, 0) is 31.6 Å². The van der Waals surface area contributed by atoms with Crippen molar-refractivity contribution in [3.63, 3.8) is 0 Å². The maximum absolute atomic E-state index is 11.5. The van der Waals surface area contributed by atoms with Crippen LogP contribution in [0.2, 0.25) is 0 Å². The van der Waals surface area contributed by atoms with Crippen molar-refractivity contribution in [2.45, 2.75) is 65.0 Å². The van der Waals surface area contributed by atoms with Crippen LogP contribution in [0.25, 0.3) is 0 Å². The predicted octanol–water partition coefficient (Wildman–Crippen LogP) is 1.81. The lowest BCUT2D eigenvalue weighted by Crippen LogP contribution is -2.42. The molecule has 3 N–H and O–H groups in total. The Morgan fingerprint density at radius 1 is 1.60 bits per heavy atom. The average molecular weight is 212 g/mol. The van der Waals surface area contributed by atoms with Gasteiger partial charge in [-0.3, -0.25) is 4.79 Å². The standard InChI is InChI=1S/C12H24N2O/c1-9(13)7-11(15)14-10-5-4-6-12(2,3)8-10/h9-10H,4-8,13H2,1-3H3,(H,14,15). The number of nitrogens with two attached hydrogens (primary N) is 1. The van der Waals surface area contributed by atoms with E-state index in [9.17, 15) is 4.79 Å². The first-order valence-electron chi connectivity index (χ1n) is 5.94. The van der Waals surface area contributed by atoms with Gasteiger partial charge in [0.05, 0.1) is 0 Å². The van der Waals surface area contributed by atoms with Crippen molar-refractivity contribution in [3.8, 4) is 0 Å².